The van der Waals surface area contributed by atoms with Crippen molar-refractivity contribution >= 4 is 0 Å². The molecule has 0 bridgehead atoms. The van der Waals surface area contributed by atoms with Crippen LogP contribution in [0.4, 0.5) is 8.78 Å². The quantitative estimate of drug-likeness (QED) is 0.844. The molecule has 0 fully saturated rings. The van der Waals surface area contributed by atoms with Crippen LogP contribution in [-0.4, -0.2) is 18.6 Å². The minimum absolute atomic E-state index is 0.00680. The zero-order chi connectivity index (χ0) is 15.3. The van der Waals surface area contributed by atoms with Crippen molar-refractivity contribution in [3.63, 3.8) is 0 Å². The molecule has 0 heterocycles. The largest absolute Gasteiger partial charge is 0.487 e. The van der Waals surface area contributed by atoms with Gasteiger partial charge in [0.25, 0.3) is 6.43 Å². The molecule has 0 aromatic heterocycles. The summed E-state index contributed by atoms with van der Waals surface area (Å²) in [6, 6.07) is 5.64. The predicted molar refractivity (Wildman–Crippen MR) is 77.1 cm³/mol. The Morgan fingerprint density at radius 3 is 2.45 bits per heavy atom. The molecule has 1 aromatic carbocycles. The van der Waals surface area contributed by atoms with Crippen molar-refractivity contribution in [2.24, 2.45) is 5.73 Å². The van der Waals surface area contributed by atoms with E-state index < -0.39 is 13.0 Å². The van der Waals surface area contributed by atoms with Crippen LogP contribution in [-0.2, 0) is 6.54 Å². The second kappa shape index (κ2) is 6.99. The highest BCUT2D eigenvalue weighted by molar-refractivity contribution is 5.38. The van der Waals surface area contributed by atoms with E-state index in [1.54, 1.807) is 6.07 Å². The smallest absolute Gasteiger partial charge is 0.272 e. The molecular formula is C15H24F2N2O. The van der Waals surface area contributed by atoms with Crippen LogP contribution in [0.25, 0.3) is 0 Å². The molecule has 1 atom stereocenters. The molecule has 0 aliphatic carbocycles. The molecule has 1 rings (SSSR count). The fourth-order valence-corrected chi connectivity index (χ4v) is 2.05. The SMILES string of the molecule is CC(NC(C)(C)C)c1ccc(OCC(F)F)c(CN)c1. The average Bonchev–Trinajstić information content (AvgIpc) is 2.33. The maximum Gasteiger partial charge on any atom is 0.272 e. The van der Waals surface area contributed by atoms with Crippen LogP contribution >= 0.6 is 0 Å². The van der Waals surface area contributed by atoms with Crippen LogP contribution in [0.3, 0.4) is 0 Å². The van der Waals surface area contributed by atoms with Gasteiger partial charge in [-0.3, -0.25) is 0 Å². The van der Waals surface area contributed by atoms with Crippen molar-refractivity contribution in [1.82, 2.24) is 5.32 Å². The minimum atomic E-state index is -2.48. The lowest BCUT2D eigenvalue weighted by molar-refractivity contribution is 0.0814. The van der Waals surface area contributed by atoms with Gasteiger partial charge in [-0.25, -0.2) is 8.78 Å². The predicted octanol–water partition coefficient (Wildman–Crippen LogP) is 3.24. The fourth-order valence-electron chi connectivity index (χ4n) is 2.05. The summed E-state index contributed by atoms with van der Waals surface area (Å²) in [7, 11) is 0. The third-order valence-corrected chi connectivity index (χ3v) is 2.82. The molecule has 5 heteroatoms. The van der Waals surface area contributed by atoms with Gasteiger partial charge in [0.15, 0.2) is 0 Å². The Bertz CT molecular complexity index is 430. The van der Waals surface area contributed by atoms with Crippen molar-refractivity contribution in [2.75, 3.05) is 6.61 Å². The first-order valence-corrected chi connectivity index (χ1v) is 6.74. The molecule has 114 valence electrons. The van der Waals surface area contributed by atoms with Crippen LogP contribution in [0.15, 0.2) is 18.2 Å². The number of hydrogen-bond donors (Lipinski definition) is 2. The van der Waals surface area contributed by atoms with Gasteiger partial charge < -0.3 is 15.8 Å². The van der Waals surface area contributed by atoms with Gasteiger partial charge in [-0.1, -0.05) is 6.07 Å². The molecule has 0 saturated carbocycles. The number of ether oxygens (including phenoxy) is 1. The third-order valence-electron chi connectivity index (χ3n) is 2.82. The van der Waals surface area contributed by atoms with Crippen molar-refractivity contribution in [3.05, 3.63) is 29.3 Å². The molecule has 0 amide bonds. The number of nitrogens with one attached hydrogen (secondary N) is 1. The van der Waals surface area contributed by atoms with Gasteiger partial charge in [-0.2, -0.15) is 0 Å². The summed E-state index contributed by atoms with van der Waals surface area (Å²) >= 11 is 0. The van der Waals surface area contributed by atoms with Crippen molar-refractivity contribution in [1.29, 1.82) is 0 Å². The molecule has 0 aliphatic rings. The minimum Gasteiger partial charge on any atom is -0.487 e. The number of rotatable bonds is 6. The van der Waals surface area contributed by atoms with Crippen molar-refractivity contribution in [2.45, 2.75) is 52.2 Å². The highest BCUT2D eigenvalue weighted by Crippen LogP contribution is 2.24. The van der Waals surface area contributed by atoms with Gasteiger partial charge >= 0.3 is 0 Å². The molecule has 1 unspecified atom stereocenters. The topological polar surface area (TPSA) is 47.3 Å². The lowest BCUT2D eigenvalue weighted by atomic mass is 10.0. The van der Waals surface area contributed by atoms with Gasteiger partial charge in [-0.05, 0) is 45.4 Å². The van der Waals surface area contributed by atoms with Crippen LogP contribution in [0.2, 0.25) is 0 Å². The highest BCUT2D eigenvalue weighted by atomic mass is 19.3. The summed E-state index contributed by atoms with van der Waals surface area (Å²) in [6.07, 6.45) is -2.48. The second-order valence-corrected chi connectivity index (χ2v) is 5.89. The molecule has 0 aliphatic heterocycles. The fraction of sp³-hybridized carbons (Fsp3) is 0.600. The van der Waals surface area contributed by atoms with Crippen LogP contribution in [0, 0.1) is 0 Å². The van der Waals surface area contributed by atoms with Crippen LogP contribution in [0.1, 0.15) is 44.9 Å². The van der Waals surface area contributed by atoms with E-state index in [4.69, 9.17) is 10.5 Å². The number of benzene rings is 1. The Labute approximate surface area is 119 Å². The first-order chi connectivity index (χ1) is 9.23. The second-order valence-electron chi connectivity index (χ2n) is 5.89. The zero-order valence-corrected chi connectivity index (χ0v) is 12.5. The first-order valence-electron chi connectivity index (χ1n) is 6.74. The standard InChI is InChI=1S/C15H24F2N2O/c1-10(19-15(2,3)4)11-5-6-13(12(7-11)8-18)20-9-14(16)17/h5-7,10,14,19H,8-9,18H2,1-4H3. The molecule has 0 spiro atoms. The van der Waals surface area contributed by atoms with Crippen LogP contribution < -0.4 is 15.8 Å². The number of halogens is 2. The summed E-state index contributed by atoms with van der Waals surface area (Å²) in [4.78, 5) is 0. The van der Waals surface area contributed by atoms with Gasteiger partial charge in [0.2, 0.25) is 0 Å². The highest BCUT2D eigenvalue weighted by Gasteiger charge is 2.16. The number of alkyl halides is 2. The molecule has 3 nitrogen and oxygen atoms in total. The van der Waals surface area contributed by atoms with E-state index >= 15 is 0 Å². The monoisotopic (exact) mass is 286 g/mol. The summed E-state index contributed by atoms with van der Waals surface area (Å²) in [6.45, 7) is 7.98. The number of hydrogen-bond acceptors (Lipinski definition) is 3. The van der Waals surface area contributed by atoms with Gasteiger partial charge in [0.1, 0.15) is 12.4 Å². The Hall–Kier alpha value is -1.20. The van der Waals surface area contributed by atoms with E-state index in [9.17, 15) is 8.78 Å². The Morgan fingerprint density at radius 2 is 1.95 bits per heavy atom. The van der Waals surface area contributed by atoms with E-state index in [2.05, 4.69) is 33.0 Å². The molecule has 20 heavy (non-hydrogen) atoms. The maximum absolute atomic E-state index is 12.2. The lowest BCUT2D eigenvalue weighted by Gasteiger charge is -2.27. The molecule has 1 aromatic rings. The first kappa shape index (κ1) is 16.9. The van der Waals surface area contributed by atoms with E-state index in [0.717, 1.165) is 11.1 Å². The van der Waals surface area contributed by atoms with E-state index in [0.29, 0.717) is 5.75 Å². The van der Waals surface area contributed by atoms with Crippen LogP contribution in [0.5, 0.6) is 5.75 Å². The Morgan fingerprint density at radius 1 is 1.30 bits per heavy atom. The van der Waals surface area contributed by atoms with E-state index in [1.165, 1.54) is 0 Å². The summed E-state index contributed by atoms with van der Waals surface area (Å²) < 4.78 is 29.4. The summed E-state index contributed by atoms with van der Waals surface area (Å²) in [5, 5.41) is 3.45. The molecule has 3 N–H and O–H groups in total. The van der Waals surface area contributed by atoms with Gasteiger partial charge in [-0.15, -0.1) is 0 Å². The maximum atomic E-state index is 12.2. The average molecular weight is 286 g/mol. The number of nitrogens with two attached hydrogens (primary N) is 1. The van der Waals surface area contributed by atoms with Gasteiger partial charge in [0, 0.05) is 23.7 Å². The summed E-state index contributed by atoms with van der Waals surface area (Å²) in [5.74, 6) is 0.430. The Kier molecular flexibility index (Phi) is 5.89. The lowest BCUT2D eigenvalue weighted by Crippen LogP contribution is -2.37. The summed E-state index contributed by atoms with van der Waals surface area (Å²) in [5.41, 5.74) is 7.46. The van der Waals surface area contributed by atoms with Crippen molar-refractivity contribution in [3.8, 4) is 5.75 Å². The zero-order valence-electron chi connectivity index (χ0n) is 12.5. The molecular weight excluding hydrogens is 262 g/mol. The Balaban J connectivity index is 2.86. The molecule has 0 saturated heterocycles. The third kappa shape index (κ3) is 5.43. The van der Waals surface area contributed by atoms with E-state index in [-0.39, 0.29) is 18.1 Å². The van der Waals surface area contributed by atoms with Crippen molar-refractivity contribution < 1.29 is 13.5 Å². The van der Waals surface area contributed by atoms with Gasteiger partial charge in [0.05, 0.1) is 0 Å². The normalized spacial score (nSPS) is 13.6. The molecule has 0 radical (unpaired) electrons. The van der Waals surface area contributed by atoms with E-state index in [1.807, 2.05) is 12.1 Å².